The van der Waals surface area contributed by atoms with Crippen molar-refractivity contribution in [2.24, 2.45) is 0 Å². The molecule has 4 nitrogen and oxygen atoms in total. The van der Waals surface area contributed by atoms with Gasteiger partial charge in [0, 0.05) is 16.1 Å². The zero-order valence-electron chi connectivity index (χ0n) is 8.86. The minimum absolute atomic E-state index is 0.0426. The molecule has 16 heavy (non-hydrogen) atoms. The van der Waals surface area contributed by atoms with E-state index in [9.17, 15) is 10.1 Å². The molecule has 0 spiro atoms. The summed E-state index contributed by atoms with van der Waals surface area (Å²) in [5.74, 6) is 0.544. The van der Waals surface area contributed by atoms with Crippen LogP contribution in [0.15, 0.2) is 22.7 Å². The molecule has 0 saturated heterocycles. The Kier molecular flexibility index (Phi) is 2.50. The van der Waals surface area contributed by atoms with Gasteiger partial charge < -0.3 is 4.74 Å². The van der Waals surface area contributed by atoms with Gasteiger partial charge in [0.1, 0.15) is 11.4 Å². The third kappa shape index (κ3) is 1.82. The van der Waals surface area contributed by atoms with Crippen molar-refractivity contribution in [3.05, 3.63) is 38.4 Å². The molecule has 5 heteroatoms. The van der Waals surface area contributed by atoms with E-state index in [0.29, 0.717) is 5.75 Å². The summed E-state index contributed by atoms with van der Waals surface area (Å²) < 4.78 is 6.62. The molecule has 0 atom stereocenters. The Balaban J connectivity index is 2.51. The van der Waals surface area contributed by atoms with E-state index in [4.69, 9.17) is 4.74 Å². The Morgan fingerprint density at radius 1 is 1.44 bits per heavy atom. The highest BCUT2D eigenvalue weighted by atomic mass is 79.9. The molecule has 0 amide bonds. The fourth-order valence-electron chi connectivity index (χ4n) is 1.48. The van der Waals surface area contributed by atoms with Crippen LogP contribution < -0.4 is 4.74 Å². The van der Waals surface area contributed by atoms with Crippen LogP contribution in [0.1, 0.15) is 19.4 Å². The fourth-order valence-corrected chi connectivity index (χ4v) is 1.81. The molecular formula is C11H10BrNO3. The van der Waals surface area contributed by atoms with Crippen molar-refractivity contribution in [1.82, 2.24) is 0 Å². The van der Waals surface area contributed by atoms with E-state index in [-0.39, 0.29) is 5.69 Å². The number of nitro groups is 1. The number of hydrogen-bond donors (Lipinski definition) is 0. The topological polar surface area (TPSA) is 52.4 Å². The molecule has 1 heterocycles. The van der Waals surface area contributed by atoms with Gasteiger partial charge in [0.2, 0.25) is 0 Å². The molecule has 0 aliphatic carbocycles. The van der Waals surface area contributed by atoms with E-state index < -0.39 is 10.5 Å². The highest BCUT2D eigenvalue weighted by molar-refractivity contribution is 9.11. The molecule has 1 aromatic rings. The van der Waals surface area contributed by atoms with Crippen molar-refractivity contribution in [1.29, 1.82) is 0 Å². The summed E-state index contributed by atoms with van der Waals surface area (Å²) in [6.07, 6.45) is 1.92. The molecule has 0 saturated carbocycles. The van der Waals surface area contributed by atoms with Gasteiger partial charge in [0.05, 0.1) is 11.0 Å². The summed E-state index contributed by atoms with van der Waals surface area (Å²) in [5, 5.41) is 10.6. The van der Waals surface area contributed by atoms with Crippen molar-refractivity contribution < 1.29 is 9.66 Å². The molecule has 0 N–H and O–H groups in total. The van der Waals surface area contributed by atoms with Crippen LogP contribution in [0, 0.1) is 10.1 Å². The van der Waals surface area contributed by atoms with Crippen LogP contribution in [0.4, 0.5) is 5.69 Å². The first-order valence-corrected chi connectivity index (χ1v) is 5.54. The lowest BCUT2D eigenvalue weighted by Crippen LogP contribution is -2.30. The molecule has 84 valence electrons. The predicted molar refractivity (Wildman–Crippen MR) is 64.7 cm³/mol. The second-order valence-corrected chi connectivity index (χ2v) is 4.94. The highest BCUT2D eigenvalue weighted by Crippen LogP contribution is 2.39. The summed E-state index contributed by atoms with van der Waals surface area (Å²) in [7, 11) is 0. The van der Waals surface area contributed by atoms with Crippen LogP contribution in [0.25, 0.3) is 6.08 Å². The molecule has 0 fully saturated rings. The predicted octanol–water partition coefficient (Wildman–Crippen LogP) is 3.50. The highest BCUT2D eigenvalue weighted by Gasteiger charge is 2.29. The van der Waals surface area contributed by atoms with Gasteiger partial charge in [-0.15, -0.1) is 0 Å². The number of fused-ring (bicyclic) bond motifs is 1. The Morgan fingerprint density at radius 2 is 2.12 bits per heavy atom. The van der Waals surface area contributed by atoms with Crippen molar-refractivity contribution >= 4 is 27.7 Å². The van der Waals surface area contributed by atoms with E-state index in [1.54, 1.807) is 6.07 Å². The number of halogens is 1. The van der Waals surface area contributed by atoms with Crippen LogP contribution >= 0.6 is 15.9 Å². The Morgan fingerprint density at radius 3 is 2.75 bits per heavy atom. The van der Waals surface area contributed by atoms with Gasteiger partial charge in [-0.1, -0.05) is 15.9 Å². The molecule has 0 aromatic heterocycles. The minimum atomic E-state index is -0.484. The minimum Gasteiger partial charge on any atom is -0.482 e. The van der Waals surface area contributed by atoms with E-state index in [0.717, 1.165) is 10.0 Å². The lowest BCUT2D eigenvalue weighted by molar-refractivity contribution is -0.385. The molecule has 0 unspecified atom stereocenters. The van der Waals surface area contributed by atoms with E-state index in [1.165, 1.54) is 12.1 Å². The maximum Gasteiger partial charge on any atom is 0.273 e. The van der Waals surface area contributed by atoms with Gasteiger partial charge in [-0.25, -0.2) is 0 Å². The second kappa shape index (κ2) is 3.59. The third-order valence-electron chi connectivity index (χ3n) is 2.43. The lowest BCUT2D eigenvalue weighted by atomic mass is 10.0. The number of nitrogens with zero attached hydrogens (tertiary/aromatic N) is 1. The quantitative estimate of drug-likeness (QED) is 0.585. The molecular weight excluding hydrogens is 274 g/mol. The van der Waals surface area contributed by atoms with Gasteiger partial charge in [-0.2, -0.15) is 0 Å². The third-order valence-corrected chi connectivity index (χ3v) is 3.61. The Labute approximate surface area is 101 Å². The fraction of sp³-hybridized carbons (Fsp3) is 0.273. The molecule has 0 radical (unpaired) electrons. The van der Waals surface area contributed by atoms with Crippen LogP contribution in [0.5, 0.6) is 5.75 Å². The average Bonchev–Trinajstić information content (AvgIpc) is 2.18. The Hall–Kier alpha value is -1.36. The van der Waals surface area contributed by atoms with Crippen molar-refractivity contribution in [2.75, 3.05) is 0 Å². The largest absolute Gasteiger partial charge is 0.482 e. The number of nitro benzene ring substituents is 1. The molecule has 1 aliphatic rings. The van der Waals surface area contributed by atoms with Crippen LogP contribution in [0.3, 0.4) is 0 Å². The number of ether oxygens (including phenoxy) is 1. The SMILES string of the molecule is CC1(C)Oc2cc([N+](=O)[O-])ccc2C=C1Br. The van der Waals surface area contributed by atoms with Crippen LogP contribution in [-0.4, -0.2) is 10.5 Å². The summed E-state index contributed by atoms with van der Waals surface area (Å²) in [4.78, 5) is 10.2. The molecule has 2 rings (SSSR count). The molecule has 1 aromatic carbocycles. The normalized spacial score (nSPS) is 17.1. The summed E-state index contributed by atoms with van der Waals surface area (Å²) in [6, 6.07) is 4.61. The van der Waals surface area contributed by atoms with Crippen LogP contribution in [-0.2, 0) is 0 Å². The molecule has 1 aliphatic heterocycles. The lowest BCUT2D eigenvalue weighted by Gasteiger charge is -2.30. The smallest absolute Gasteiger partial charge is 0.273 e. The van der Waals surface area contributed by atoms with Gasteiger partial charge in [0.15, 0.2) is 0 Å². The number of hydrogen-bond acceptors (Lipinski definition) is 3. The van der Waals surface area contributed by atoms with E-state index in [1.807, 2.05) is 19.9 Å². The maximum atomic E-state index is 10.6. The first-order chi connectivity index (χ1) is 7.40. The van der Waals surface area contributed by atoms with Gasteiger partial charge in [0.25, 0.3) is 5.69 Å². The van der Waals surface area contributed by atoms with Gasteiger partial charge in [-0.3, -0.25) is 10.1 Å². The number of non-ortho nitro benzene ring substituents is 1. The zero-order valence-corrected chi connectivity index (χ0v) is 10.4. The second-order valence-electron chi connectivity index (χ2n) is 4.08. The first-order valence-electron chi connectivity index (χ1n) is 4.75. The number of benzene rings is 1. The van der Waals surface area contributed by atoms with E-state index >= 15 is 0 Å². The first kappa shape index (κ1) is 11.1. The van der Waals surface area contributed by atoms with Crippen molar-refractivity contribution in [3.63, 3.8) is 0 Å². The summed E-state index contributed by atoms with van der Waals surface area (Å²) in [5.41, 5.74) is 0.403. The summed E-state index contributed by atoms with van der Waals surface area (Å²) >= 11 is 3.43. The van der Waals surface area contributed by atoms with Gasteiger partial charge >= 0.3 is 0 Å². The van der Waals surface area contributed by atoms with Crippen molar-refractivity contribution in [3.8, 4) is 5.75 Å². The van der Waals surface area contributed by atoms with Crippen molar-refractivity contribution in [2.45, 2.75) is 19.4 Å². The molecule has 0 bridgehead atoms. The monoisotopic (exact) mass is 283 g/mol. The Bertz CT molecular complexity index is 494. The average molecular weight is 284 g/mol. The maximum absolute atomic E-state index is 10.6. The zero-order chi connectivity index (χ0) is 11.9. The van der Waals surface area contributed by atoms with E-state index in [2.05, 4.69) is 15.9 Å². The van der Waals surface area contributed by atoms with Gasteiger partial charge in [-0.05, 0) is 26.0 Å². The van der Waals surface area contributed by atoms with Crippen LogP contribution in [0.2, 0.25) is 0 Å². The number of rotatable bonds is 1. The standard InChI is InChI=1S/C11H10BrNO3/c1-11(2)10(12)5-7-3-4-8(13(14)15)6-9(7)16-11/h3-6H,1-2H3. The summed E-state index contributed by atoms with van der Waals surface area (Å²) in [6.45, 7) is 3.80.